The van der Waals surface area contributed by atoms with Crippen LogP contribution in [-0.2, 0) is 6.42 Å². The largest absolute Gasteiger partial charge is 0.487 e. The molecule has 0 unspecified atom stereocenters. The Morgan fingerprint density at radius 3 is 2.82 bits per heavy atom. The highest BCUT2D eigenvalue weighted by Gasteiger charge is 2.04. The first-order valence-corrected chi connectivity index (χ1v) is 6.14. The van der Waals surface area contributed by atoms with E-state index in [9.17, 15) is 0 Å². The molecular formula is C14H22N2O. The van der Waals surface area contributed by atoms with Gasteiger partial charge in [0.25, 0.3) is 0 Å². The van der Waals surface area contributed by atoms with Crippen LogP contribution in [0.4, 0.5) is 0 Å². The van der Waals surface area contributed by atoms with Crippen LogP contribution in [0.3, 0.4) is 0 Å². The first-order valence-electron chi connectivity index (χ1n) is 6.14. The van der Waals surface area contributed by atoms with Crippen molar-refractivity contribution in [3.63, 3.8) is 0 Å². The van der Waals surface area contributed by atoms with Crippen LogP contribution in [0.2, 0.25) is 0 Å². The van der Waals surface area contributed by atoms with Gasteiger partial charge in [0.1, 0.15) is 12.4 Å². The average Bonchev–Trinajstić information content (AvgIpc) is 2.34. The third-order valence-electron chi connectivity index (χ3n) is 2.46. The van der Waals surface area contributed by atoms with E-state index in [1.54, 1.807) is 0 Å². The van der Waals surface area contributed by atoms with E-state index in [4.69, 9.17) is 4.74 Å². The lowest BCUT2D eigenvalue weighted by Crippen LogP contribution is -2.19. The van der Waals surface area contributed by atoms with Crippen molar-refractivity contribution in [1.82, 2.24) is 10.3 Å². The first-order chi connectivity index (χ1) is 8.17. The number of pyridine rings is 1. The van der Waals surface area contributed by atoms with Crippen molar-refractivity contribution < 1.29 is 4.74 Å². The Balaban J connectivity index is 2.54. The molecule has 0 aliphatic rings. The number of hydrogen-bond donors (Lipinski definition) is 1. The molecule has 0 aromatic carbocycles. The summed E-state index contributed by atoms with van der Waals surface area (Å²) in [4.78, 5) is 4.46. The summed E-state index contributed by atoms with van der Waals surface area (Å²) in [5.74, 6) is 0.871. The van der Waals surface area contributed by atoms with Crippen molar-refractivity contribution in [1.29, 1.82) is 0 Å². The first kappa shape index (κ1) is 13.7. The molecule has 0 radical (unpaired) electrons. The van der Waals surface area contributed by atoms with Gasteiger partial charge in [0, 0.05) is 12.2 Å². The molecule has 1 aromatic heterocycles. The molecule has 0 amide bonds. The number of nitrogens with zero attached hydrogens (tertiary/aromatic N) is 1. The van der Waals surface area contributed by atoms with Crippen LogP contribution in [0.25, 0.3) is 0 Å². The minimum absolute atomic E-state index is 0.546. The number of rotatable bonds is 7. The molecule has 1 N–H and O–H groups in total. The fourth-order valence-corrected chi connectivity index (χ4v) is 1.52. The predicted octanol–water partition coefficient (Wildman–Crippen LogP) is 2.50. The Labute approximate surface area is 104 Å². The summed E-state index contributed by atoms with van der Waals surface area (Å²) in [5, 5.41) is 3.23. The molecule has 0 spiro atoms. The van der Waals surface area contributed by atoms with Crippen LogP contribution in [0.5, 0.6) is 5.75 Å². The fourth-order valence-electron chi connectivity index (χ4n) is 1.52. The van der Waals surface area contributed by atoms with E-state index in [-0.39, 0.29) is 0 Å². The van der Waals surface area contributed by atoms with Gasteiger partial charge in [-0.3, -0.25) is 4.98 Å². The van der Waals surface area contributed by atoms with Crippen LogP contribution in [0, 0.1) is 6.92 Å². The molecule has 0 aliphatic heterocycles. The average molecular weight is 234 g/mol. The SMILES string of the molecule is C=C(CNCC)COc1ccc(C)nc1CC. The molecule has 0 saturated carbocycles. The van der Waals surface area contributed by atoms with Gasteiger partial charge in [0.2, 0.25) is 0 Å². The van der Waals surface area contributed by atoms with Crippen LogP contribution >= 0.6 is 0 Å². The van der Waals surface area contributed by atoms with E-state index in [1.807, 2.05) is 19.1 Å². The second kappa shape index (κ2) is 7.07. The van der Waals surface area contributed by atoms with Crippen molar-refractivity contribution >= 4 is 0 Å². The molecule has 1 heterocycles. The third-order valence-corrected chi connectivity index (χ3v) is 2.46. The summed E-state index contributed by atoms with van der Waals surface area (Å²) in [6.45, 7) is 12.4. The molecule has 3 heteroatoms. The van der Waals surface area contributed by atoms with Gasteiger partial charge in [0.15, 0.2) is 0 Å². The number of hydrogen-bond acceptors (Lipinski definition) is 3. The van der Waals surface area contributed by atoms with Gasteiger partial charge in [0.05, 0.1) is 5.69 Å². The normalized spacial score (nSPS) is 10.3. The van der Waals surface area contributed by atoms with E-state index in [0.717, 1.165) is 42.2 Å². The van der Waals surface area contributed by atoms with Crippen LogP contribution < -0.4 is 10.1 Å². The summed E-state index contributed by atoms with van der Waals surface area (Å²) in [7, 11) is 0. The van der Waals surface area contributed by atoms with Crippen molar-refractivity contribution in [3.8, 4) is 5.75 Å². The van der Waals surface area contributed by atoms with Gasteiger partial charge in [-0.05, 0) is 37.6 Å². The van der Waals surface area contributed by atoms with E-state index in [1.165, 1.54) is 0 Å². The molecule has 0 fully saturated rings. The second-order valence-corrected chi connectivity index (χ2v) is 4.07. The predicted molar refractivity (Wildman–Crippen MR) is 71.5 cm³/mol. The molecule has 0 aliphatic carbocycles. The van der Waals surface area contributed by atoms with Gasteiger partial charge in [-0.1, -0.05) is 20.4 Å². The number of aromatic nitrogens is 1. The van der Waals surface area contributed by atoms with Gasteiger partial charge in [-0.15, -0.1) is 0 Å². The Morgan fingerprint density at radius 1 is 1.41 bits per heavy atom. The summed E-state index contributed by atoms with van der Waals surface area (Å²) >= 11 is 0. The van der Waals surface area contributed by atoms with Crippen LogP contribution in [0.15, 0.2) is 24.3 Å². The zero-order chi connectivity index (χ0) is 12.7. The standard InChI is InChI=1S/C14H22N2O/c1-5-13-14(8-7-12(4)16-13)17-10-11(3)9-15-6-2/h7-8,15H,3,5-6,9-10H2,1-2,4H3. The zero-order valence-corrected chi connectivity index (χ0v) is 11.0. The van der Waals surface area contributed by atoms with Gasteiger partial charge in [-0.2, -0.15) is 0 Å². The Morgan fingerprint density at radius 2 is 2.18 bits per heavy atom. The Hall–Kier alpha value is -1.35. The molecule has 1 rings (SSSR count). The smallest absolute Gasteiger partial charge is 0.141 e. The number of aryl methyl sites for hydroxylation is 2. The molecule has 17 heavy (non-hydrogen) atoms. The van der Waals surface area contributed by atoms with Crippen molar-refractivity contribution in [2.45, 2.75) is 27.2 Å². The maximum Gasteiger partial charge on any atom is 0.141 e. The molecule has 1 aromatic rings. The molecule has 3 nitrogen and oxygen atoms in total. The lowest BCUT2D eigenvalue weighted by atomic mass is 10.2. The molecular weight excluding hydrogens is 212 g/mol. The minimum Gasteiger partial charge on any atom is -0.487 e. The van der Waals surface area contributed by atoms with Crippen molar-refractivity contribution in [2.24, 2.45) is 0 Å². The van der Waals surface area contributed by atoms with Crippen LogP contribution in [-0.4, -0.2) is 24.7 Å². The minimum atomic E-state index is 0.546. The molecule has 94 valence electrons. The Bertz CT molecular complexity index is 374. The third kappa shape index (κ3) is 4.57. The second-order valence-electron chi connectivity index (χ2n) is 4.07. The van der Waals surface area contributed by atoms with Gasteiger partial charge in [-0.25, -0.2) is 0 Å². The van der Waals surface area contributed by atoms with Crippen LogP contribution in [0.1, 0.15) is 25.2 Å². The summed E-state index contributed by atoms with van der Waals surface area (Å²) in [5.41, 5.74) is 3.09. The fraction of sp³-hybridized carbons (Fsp3) is 0.500. The highest BCUT2D eigenvalue weighted by molar-refractivity contribution is 5.29. The summed E-state index contributed by atoms with van der Waals surface area (Å²) in [6, 6.07) is 3.96. The summed E-state index contributed by atoms with van der Waals surface area (Å²) in [6.07, 6.45) is 0.886. The Kier molecular flexibility index (Phi) is 5.70. The van der Waals surface area contributed by atoms with E-state index >= 15 is 0 Å². The number of nitrogens with one attached hydrogen (secondary N) is 1. The quantitative estimate of drug-likeness (QED) is 0.736. The maximum absolute atomic E-state index is 5.74. The van der Waals surface area contributed by atoms with Crippen molar-refractivity contribution in [3.05, 3.63) is 35.7 Å². The zero-order valence-electron chi connectivity index (χ0n) is 11.0. The molecule has 0 bridgehead atoms. The lowest BCUT2D eigenvalue weighted by molar-refractivity contribution is 0.343. The maximum atomic E-state index is 5.74. The van der Waals surface area contributed by atoms with Gasteiger partial charge < -0.3 is 10.1 Å². The highest BCUT2D eigenvalue weighted by atomic mass is 16.5. The topological polar surface area (TPSA) is 34.1 Å². The summed E-state index contributed by atoms with van der Waals surface area (Å²) < 4.78 is 5.74. The van der Waals surface area contributed by atoms with E-state index in [2.05, 4.69) is 30.7 Å². The highest BCUT2D eigenvalue weighted by Crippen LogP contribution is 2.17. The van der Waals surface area contributed by atoms with Crippen molar-refractivity contribution in [2.75, 3.05) is 19.7 Å². The van der Waals surface area contributed by atoms with E-state index in [0.29, 0.717) is 6.61 Å². The molecule has 0 atom stereocenters. The van der Waals surface area contributed by atoms with Gasteiger partial charge >= 0.3 is 0 Å². The molecule has 0 saturated heterocycles. The van der Waals surface area contributed by atoms with E-state index < -0.39 is 0 Å². The monoisotopic (exact) mass is 234 g/mol. The number of likely N-dealkylation sites (N-methyl/N-ethyl adjacent to an activating group) is 1. The number of ether oxygens (including phenoxy) is 1. The lowest BCUT2D eigenvalue weighted by Gasteiger charge is -2.12.